The van der Waals surface area contributed by atoms with E-state index in [0.29, 0.717) is 23.2 Å². The molecule has 1 atom stereocenters. The summed E-state index contributed by atoms with van der Waals surface area (Å²) in [6.45, 7) is 4.99. The fourth-order valence-electron chi connectivity index (χ4n) is 2.78. The highest BCUT2D eigenvalue weighted by Crippen LogP contribution is 2.25. The molecule has 118 valence electrons. The van der Waals surface area contributed by atoms with Gasteiger partial charge in [-0.25, -0.2) is 4.98 Å². The smallest absolute Gasteiger partial charge is 0.263 e. The third kappa shape index (κ3) is 3.56. The van der Waals surface area contributed by atoms with Crippen LogP contribution in [0.3, 0.4) is 0 Å². The topological polar surface area (TPSA) is 58.4 Å². The first-order valence-electron chi connectivity index (χ1n) is 7.76. The van der Waals surface area contributed by atoms with Gasteiger partial charge in [0, 0.05) is 19.1 Å². The molecule has 0 aliphatic carbocycles. The number of amides is 1. The molecular weight excluding hydrogens is 298 g/mol. The molecule has 1 N–H and O–H groups in total. The number of rotatable bonds is 5. The van der Waals surface area contributed by atoms with Crippen molar-refractivity contribution < 1.29 is 9.21 Å². The summed E-state index contributed by atoms with van der Waals surface area (Å²) in [6.07, 6.45) is 7.06. The van der Waals surface area contributed by atoms with E-state index in [9.17, 15) is 4.79 Å². The molecule has 0 saturated carbocycles. The molecule has 2 aromatic heterocycles. The van der Waals surface area contributed by atoms with Gasteiger partial charge < -0.3 is 9.73 Å². The van der Waals surface area contributed by atoms with Crippen molar-refractivity contribution in [2.75, 3.05) is 19.6 Å². The molecule has 1 fully saturated rings. The van der Waals surface area contributed by atoms with E-state index in [1.54, 1.807) is 12.5 Å². The summed E-state index contributed by atoms with van der Waals surface area (Å²) in [7, 11) is 0. The predicted molar refractivity (Wildman–Crippen MR) is 87.0 cm³/mol. The standard InChI is InChI=1S/C16H21N3O2S/c1-12-5-2-3-8-19(12)9-7-17-15(20)14-11-18-16(22-14)13-6-4-10-21-13/h4,6,10-12H,2-3,5,7-9H2,1H3,(H,17,20). The number of thiazole rings is 1. The zero-order chi connectivity index (χ0) is 15.4. The molecule has 0 spiro atoms. The number of carbonyl (C=O) groups excluding carboxylic acids is 1. The lowest BCUT2D eigenvalue weighted by molar-refractivity contribution is 0.0942. The fourth-order valence-corrected chi connectivity index (χ4v) is 3.58. The van der Waals surface area contributed by atoms with E-state index in [4.69, 9.17) is 4.42 Å². The Balaban J connectivity index is 1.50. The minimum atomic E-state index is -0.0556. The Morgan fingerprint density at radius 2 is 2.45 bits per heavy atom. The number of furan rings is 1. The molecule has 22 heavy (non-hydrogen) atoms. The van der Waals surface area contributed by atoms with Crippen molar-refractivity contribution in [3.63, 3.8) is 0 Å². The van der Waals surface area contributed by atoms with Crippen LogP contribution in [0.5, 0.6) is 0 Å². The summed E-state index contributed by atoms with van der Waals surface area (Å²) in [5, 5.41) is 3.72. The first-order valence-corrected chi connectivity index (χ1v) is 8.57. The molecule has 3 rings (SSSR count). The molecule has 5 nitrogen and oxygen atoms in total. The molecule has 1 unspecified atom stereocenters. The van der Waals surface area contributed by atoms with Crippen molar-refractivity contribution in [2.45, 2.75) is 32.2 Å². The van der Waals surface area contributed by atoms with Crippen LogP contribution in [0.2, 0.25) is 0 Å². The van der Waals surface area contributed by atoms with Crippen LogP contribution in [0.1, 0.15) is 35.9 Å². The highest BCUT2D eigenvalue weighted by molar-refractivity contribution is 7.16. The van der Waals surface area contributed by atoms with E-state index in [1.165, 1.54) is 30.6 Å². The number of aromatic nitrogens is 1. The normalized spacial score (nSPS) is 19.2. The van der Waals surface area contributed by atoms with Gasteiger partial charge in [-0.1, -0.05) is 6.42 Å². The van der Waals surface area contributed by atoms with Crippen LogP contribution < -0.4 is 5.32 Å². The zero-order valence-electron chi connectivity index (χ0n) is 12.7. The SMILES string of the molecule is CC1CCCCN1CCNC(=O)c1cnc(-c2ccco2)s1. The quantitative estimate of drug-likeness (QED) is 0.920. The van der Waals surface area contributed by atoms with Crippen molar-refractivity contribution >= 4 is 17.2 Å². The minimum absolute atomic E-state index is 0.0556. The Bertz CT molecular complexity index is 609. The number of carbonyl (C=O) groups is 1. The van der Waals surface area contributed by atoms with E-state index in [1.807, 2.05) is 12.1 Å². The summed E-state index contributed by atoms with van der Waals surface area (Å²) < 4.78 is 5.29. The van der Waals surface area contributed by atoms with Crippen LogP contribution in [0, 0.1) is 0 Å². The number of hydrogen-bond acceptors (Lipinski definition) is 5. The Hall–Kier alpha value is -1.66. The van der Waals surface area contributed by atoms with Gasteiger partial charge in [-0.15, -0.1) is 11.3 Å². The summed E-state index contributed by atoms with van der Waals surface area (Å²) in [6, 6.07) is 4.29. The summed E-state index contributed by atoms with van der Waals surface area (Å²) in [5.41, 5.74) is 0. The Labute approximate surface area is 134 Å². The average Bonchev–Trinajstić information content (AvgIpc) is 3.20. The van der Waals surface area contributed by atoms with Crippen LogP contribution in [0.25, 0.3) is 10.8 Å². The summed E-state index contributed by atoms with van der Waals surface area (Å²) in [4.78, 5) is 19.5. The van der Waals surface area contributed by atoms with Gasteiger partial charge in [-0.2, -0.15) is 0 Å². The van der Waals surface area contributed by atoms with Crippen LogP contribution >= 0.6 is 11.3 Å². The van der Waals surface area contributed by atoms with Gasteiger partial charge >= 0.3 is 0 Å². The van der Waals surface area contributed by atoms with Crippen molar-refractivity contribution in [1.29, 1.82) is 0 Å². The first-order chi connectivity index (χ1) is 10.7. The molecule has 0 radical (unpaired) electrons. The van der Waals surface area contributed by atoms with Gasteiger partial charge in [0.15, 0.2) is 10.8 Å². The lowest BCUT2D eigenvalue weighted by atomic mass is 10.0. The number of nitrogens with one attached hydrogen (secondary N) is 1. The molecule has 1 aliphatic heterocycles. The summed E-state index contributed by atoms with van der Waals surface area (Å²) >= 11 is 1.35. The zero-order valence-corrected chi connectivity index (χ0v) is 13.6. The van der Waals surface area contributed by atoms with Crippen LogP contribution in [-0.2, 0) is 0 Å². The molecule has 1 aliphatic rings. The lowest BCUT2D eigenvalue weighted by Gasteiger charge is -2.33. The van der Waals surface area contributed by atoms with Crippen molar-refractivity contribution in [3.8, 4) is 10.8 Å². The van der Waals surface area contributed by atoms with Gasteiger partial charge in [-0.3, -0.25) is 9.69 Å². The molecule has 2 aromatic rings. The van der Waals surface area contributed by atoms with Gasteiger partial charge in [0.05, 0.1) is 12.5 Å². The first kappa shape index (κ1) is 15.2. The molecule has 1 saturated heterocycles. The molecule has 1 amide bonds. The molecular formula is C16H21N3O2S. The fraction of sp³-hybridized carbons (Fsp3) is 0.500. The lowest BCUT2D eigenvalue weighted by Crippen LogP contribution is -2.42. The second-order valence-corrected chi connectivity index (χ2v) is 6.67. The van der Waals surface area contributed by atoms with Crippen LogP contribution in [-0.4, -0.2) is 41.5 Å². The van der Waals surface area contributed by atoms with Crippen LogP contribution in [0.4, 0.5) is 0 Å². The Kier molecular flexibility index (Phi) is 4.90. The van der Waals surface area contributed by atoms with E-state index in [-0.39, 0.29) is 5.91 Å². The van der Waals surface area contributed by atoms with Crippen molar-refractivity contribution in [2.24, 2.45) is 0 Å². The second-order valence-electron chi connectivity index (χ2n) is 5.64. The van der Waals surface area contributed by atoms with Gasteiger partial charge in [-0.05, 0) is 38.4 Å². The average molecular weight is 319 g/mol. The van der Waals surface area contributed by atoms with E-state index < -0.39 is 0 Å². The minimum Gasteiger partial charge on any atom is -0.462 e. The number of nitrogens with zero attached hydrogens (tertiary/aromatic N) is 2. The van der Waals surface area contributed by atoms with E-state index in [0.717, 1.165) is 18.1 Å². The monoisotopic (exact) mass is 319 g/mol. The van der Waals surface area contributed by atoms with Crippen LogP contribution in [0.15, 0.2) is 29.0 Å². The van der Waals surface area contributed by atoms with E-state index in [2.05, 4.69) is 22.1 Å². The maximum absolute atomic E-state index is 12.2. The third-order valence-corrected chi connectivity index (χ3v) is 5.10. The second kappa shape index (κ2) is 7.07. The molecule has 0 aromatic carbocycles. The van der Waals surface area contributed by atoms with E-state index >= 15 is 0 Å². The molecule has 0 bridgehead atoms. The van der Waals surface area contributed by atoms with Gasteiger partial charge in [0.2, 0.25) is 0 Å². The van der Waals surface area contributed by atoms with Crippen molar-refractivity contribution in [1.82, 2.24) is 15.2 Å². The van der Waals surface area contributed by atoms with Gasteiger partial charge in [0.25, 0.3) is 5.91 Å². The summed E-state index contributed by atoms with van der Waals surface area (Å²) in [5.74, 6) is 0.645. The maximum Gasteiger partial charge on any atom is 0.263 e. The maximum atomic E-state index is 12.2. The van der Waals surface area contributed by atoms with Crippen molar-refractivity contribution in [3.05, 3.63) is 29.5 Å². The highest BCUT2D eigenvalue weighted by Gasteiger charge is 2.18. The molecule has 3 heterocycles. The number of piperidine rings is 1. The molecule has 6 heteroatoms. The third-order valence-electron chi connectivity index (χ3n) is 4.09. The highest BCUT2D eigenvalue weighted by atomic mass is 32.1. The Morgan fingerprint density at radius 1 is 1.55 bits per heavy atom. The largest absolute Gasteiger partial charge is 0.462 e. The Morgan fingerprint density at radius 3 is 3.23 bits per heavy atom. The van der Waals surface area contributed by atoms with Gasteiger partial charge in [0.1, 0.15) is 4.88 Å². The predicted octanol–water partition coefficient (Wildman–Crippen LogP) is 3.01. The number of hydrogen-bond donors (Lipinski definition) is 1. The number of likely N-dealkylation sites (tertiary alicyclic amines) is 1.